The molecule has 2 aromatic carbocycles. The van der Waals surface area contributed by atoms with Gasteiger partial charge in [-0.1, -0.05) is 36.4 Å². The van der Waals surface area contributed by atoms with E-state index in [-0.39, 0.29) is 19.5 Å². The minimum absolute atomic E-state index is 0.160. The maximum Gasteiger partial charge on any atom is 0.416 e. The van der Waals surface area contributed by atoms with Crippen molar-refractivity contribution in [3.05, 3.63) is 70.8 Å². The number of halogens is 4. The maximum absolute atomic E-state index is 12.9. The quantitative estimate of drug-likeness (QED) is 0.268. The van der Waals surface area contributed by atoms with E-state index in [2.05, 4.69) is 4.99 Å². The third-order valence-corrected chi connectivity index (χ3v) is 5.71. The van der Waals surface area contributed by atoms with Gasteiger partial charge in [-0.05, 0) is 31.5 Å². The van der Waals surface area contributed by atoms with E-state index in [0.29, 0.717) is 22.4 Å². The highest BCUT2D eigenvalue weighted by Crippen LogP contribution is 2.48. The van der Waals surface area contributed by atoms with E-state index in [1.165, 1.54) is 12.1 Å². The predicted octanol–water partition coefficient (Wildman–Crippen LogP) is 6.24. The Hall–Kier alpha value is -2.02. The fourth-order valence-electron chi connectivity index (χ4n) is 2.59. The van der Waals surface area contributed by atoms with Crippen LogP contribution in [0.15, 0.2) is 53.5 Å². The van der Waals surface area contributed by atoms with E-state index >= 15 is 0 Å². The van der Waals surface area contributed by atoms with Crippen LogP contribution in [0.3, 0.4) is 0 Å². The van der Waals surface area contributed by atoms with Crippen LogP contribution in [-0.2, 0) is 26.5 Å². The molecule has 0 aliphatic heterocycles. The number of hydrogen-bond donors (Lipinski definition) is 0. The molecule has 0 aliphatic carbocycles. The van der Waals surface area contributed by atoms with Crippen molar-refractivity contribution in [3.63, 3.8) is 0 Å². The van der Waals surface area contributed by atoms with Crippen LogP contribution in [0, 0.1) is 0 Å². The highest BCUT2D eigenvalue weighted by atomic mass is 31.2. The predicted molar refractivity (Wildman–Crippen MR) is 104 cm³/mol. The molecule has 29 heavy (non-hydrogen) atoms. The molecule has 2 aromatic rings. The van der Waals surface area contributed by atoms with Gasteiger partial charge in [0.25, 0.3) is 0 Å². The van der Waals surface area contributed by atoms with Crippen molar-refractivity contribution in [1.82, 2.24) is 0 Å². The van der Waals surface area contributed by atoms with Gasteiger partial charge in [0.05, 0.1) is 24.5 Å². The number of alkyl halides is 4. The minimum Gasteiger partial charge on any atom is -0.308 e. The molecule has 0 fully saturated rings. The Morgan fingerprint density at radius 1 is 0.931 bits per heavy atom. The lowest BCUT2D eigenvalue weighted by Gasteiger charge is -2.16. The summed E-state index contributed by atoms with van der Waals surface area (Å²) in [4.78, 5) is 4.35. The molecule has 0 amide bonds. The van der Waals surface area contributed by atoms with Crippen LogP contribution in [-0.4, -0.2) is 25.2 Å². The third-order valence-electron chi connectivity index (χ3n) is 3.92. The largest absolute Gasteiger partial charge is 0.416 e. The Balaban J connectivity index is 2.46. The van der Waals surface area contributed by atoms with Gasteiger partial charge >= 0.3 is 13.8 Å². The number of nitrogens with zero attached hydrogens (tertiary/aromatic N) is 1. The molecule has 0 atom stereocenters. The molecule has 0 heterocycles. The number of benzene rings is 2. The van der Waals surface area contributed by atoms with Gasteiger partial charge in [-0.15, -0.1) is 0 Å². The van der Waals surface area contributed by atoms with Crippen LogP contribution in [0.5, 0.6) is 0 Å². The van der Waals surface area contributed by atoms with Gasteiger partial charge in [0.1, 0.15) is 13.0 Å². The molecule has 0 aliphatic rings. The van der Waals surface area contributed by atoms with Gasteiger partial charge < -0.3 is 9.05 Å². The molecule has 0 saturated heterocycles. The molecule has 0 saturated carbocycles. The van der Waals surface area contributed by atoms with Crippen LogP contribution in [0.4, 0.5) is 17.6 Å². The summed E-state index contributed by atoms with van der Waals surface area (Å²) >= 11 is 0. The summed E-state index contributed by atoms with van der Waals surface area (Å²) in [6.07, 6.45) is -4.76. The summed E-state index contributed by atoms with van der Waals surface area (Å²) in [6, 6.07) is 10.8. The molecule has 4 nitrogen and oxygen atoms in total. The zero-order valence-corrected chi connectivity index (χ0v) is 17.0. The fraction of sp³-hybridized carbons (Fsp3) is 0.350. The Morgan fingerprint density at radius 3 is 1.83 bits per heavy atom. The standard InChI is InChI=1S/C20H22F4NO3P/c1-3-27-29(26,28-4-2)14-25-19(16-7-5-15(13-21)6-8-16)17-9-11-18(12-10-17)20(22,23)24/h5-12H,3-4,13-14H2,1-2H3/b25-19+. The van der Waals surface area contributed by atoms with Gasteiger partial charge in [0, 0.05) is 11.1 Å². The van der Waals surface area contributed by atoms with Crippen molar-refractivity contribution in [3.8, 4) is 0 Å². The highest BCUT2D eigenvalue weighted by Gasteiger charge is 2.30. The molecule has 0 unspecified atom stereocenters. The lowest BCUT2D eigenvalue weighted by atomic mass is 10.00. The monoisotopic (exact) mass is 431 g/mol. The normalized spacial score (nSPS) is 13.0. The highest BCUT2D eigenvalue weighted by molar-refractivity contribution is 7.53. The third kappa shape index (κ3) is 6.49. The van der Waals surface area contributed by atoms with Crippen molar-refractivity contribution in [1.29, 1.82) is 0 Å². The summed E-state index contributed by atoms with van der Waals surface area (Å²) in [5.41, 5.74) is 0.910. The zero-order chi connectivity index (χ0) is 21.5. The van der Waals surface area contributed by atoms with Crippen LogP contribution >= 0.6 is 7.60 Å². The summed E-state index contributed by atoms with van der Waals surface area (Å²) in [5.74, 6) is 0. The summed E-state index contributed by atoms with van der Waals surface area (Å²) in [6.45, 7) is 3.02. The SMILES string of the molecule is CCOP(=O)(C/N=C(\c1ccc(CF)cc1)c1ccc(C(F)(F)F)cc1)OCC. The van der Waals surface area contributed by atoms with Gasteiger partial charge in [-0.25, -0.2) is 4.39 Å². The Bertz CT molecular complexity index is 855. The first-order valence-electron chi connectivity index (χ1n) is 8.98. The molecular weight excluding hydrogens is 409 g/mol. The molecular formula is C20H22F4NO3P. The fourth-order valence-corrected chi connectivity index (χ4v) is 3.93. The minimum atomic E-state index is -4.46. The van der Waals surface area contributed by atoms with Crippen molar-refractivity contribution in [2.45, 2.75) is 26.7 Å². The van der Waals surface area contributed by atoms with E-state index in [0.717, 1.165) is 12.1 Å². The van der Waals surface area contributed by atoms with E-state index in [4.69, 9.17) is 9.05 Å². The molecule has 0 spiro atoms. The van der Waals surface area contributed by atoms with E-state index in [1.807, 2.05) is 0 Å². The van der Waals surface area contributed by atoms with Crippen LogP contribution < -0.4 is 0 Å². The Morgan fingerprint density at radius 2 is 1.41 bits per heavy atom. The molecule has 0 N–H and O–H groups in total. The van der Waals surface area contributed by atoms with Crippen molar-refractivity contribution >= 4 is 13.3 Å². The molecule has 0 radical (unpaired) electrons. The Kier molecular flexibility index (Phi) is 8.14. The average Bonchev–Trinajstić information content (AvgIpc) is 2.69. The Labute approximate surface area is 167 Å². The second-order valence-corrected chi connectivity index (χ2v) is 8.02. The molecule has 0 bridgehead atoms. The van der Waals surface area contributed by atoms with Crippen molar-refractivity contribution in [2.75, 3.05) is 19.5 Å². The topological polar surface area (TPSA) is 47.9 Å². The van der Waals surface area contributed by atoms with Crippen LogP contribution in [0.25, 0.3) is 0 Å². The summed E-state index contributed by atoms with van der Waals surface area (Å²) in [5, 5.41) is 0. The van der Waals surface area contributed by atoms with Gasteiger partial charge in [0.15, 0.2) is 0 Å². The number of aliphatic imine (C=N–C) groups is 1. The lowest BCUT2D eigenvalue weighted by Crippen LogP contribution is -2.09. The summed E-state index contributed by atoms with van der Waals surface area (Å²) < 4.78 is 74.6. The lowest BCUT2D eigenvalue weighted by molar-refractivity contribution is -0.137. The second kappa shape index (κ2) is 10.1. The zero-order valence-electron chi connectivity index (χ0n) is 16.1. The van der Waals surface area contributed by atoms with Crippen molar-refractivity contribution in [2.24, 2.45) is 4.99 Å². The average molecular weight is 431 g/mol. The molecule has 0 aromatic heterocycles. The first-order valence-corrected chi connectivity index (χ1v) is 10.7. The van der Waals surface area contributed by atoms with Gasteiger partial charge in [-0.3, -0.25) is 9.56 Å². The van der Waals surface area contributed by atoms with E-state index in [1.54, 1.807) is 38.1 Å². The van der Waals surface area contributed by atoms with Crippen LogP contribution in [0.2, 0.25) is 0 Å². The maximum atomic E-state index is 12.9. The second-order valence-electron chi connectivity index (χ2n) is 6.00. The molecule has 2 rings (SSSR count). The van der Waals surface area contributed by atoms with Crippen molar-refractivity contribution < 1.29 is 31.2 Å². The van der Waals surface area contributed by atoms with Crippen LogP contribution in [0.1, 0.15) is 36.1 Å². The number of rotatable bonds is 9. The first kappa shape index (κ1) is 23.3. The van der Waals surface area contributed by atoms with Gasteiger partial charge in [-0.2, -0.15) is 13.2 Å². The number of hydrogen-bond acceptors (Lipinski definition) is 4. The molecule has 9 heteroatoms. The smallest absolute Gasteiger partial charge is 0.308 e. The summed E-state index contributed by atoms with van der Waals surface area (Å²) in [7, 11) is -3.49. The van der Waals surface area contributed by atoms with Gasteiger partial charge in [0.2, 0.25) is 0 Å². The molecule has 158 valence electrons. The van der Waals surface area contributed by atoms with E-state index < -0.39 is 26.0 Å². The van der Waals surface area contributed by atoms with E-state index in [9.17, 15) is 22.1 Å². The first-order chi connectivity index (χ1) is 13.7.